The van der Waals surface area contributed by atoms with Gasteiger partial charge in [-0.15, -0.1) is 4.31 Å². The molecule has 0 spiro atoms. The Morgan fingerprint density at radius 2 is 1.70 bits per heavy atom. The Morgan fingerprint density at radius 1 is 0.935 bits per heavy atom. The summed E-state index contributed by atoms with van der Waals surface area (Å²) in [7, 11) is 2.98. The van der Waals surface area contributed by atoms with E-state index in [1.807, 2.05) is 0 Å². The van der Waals surface area contributed by atoms with Crippen LogP contribution in [-0.2, 0) is 24.1 Å². The highest BCUT2D eigenvalue weighted by Gasteiger charge is 2.33. The highest BCUT2D eigenvalue weighted by atomic mass is 35.5. The molecule has 5 rings (SSSR count). The average molecular weight is 690 g/mol. The number of halogens is 5. The van der Waals surface area contributed by atoms with Crippen LogP contribution in [0, 0.1) is 5.82 Å². The van der Waals surface area contributed by atoms with E-state index >= 15 is 4.39 Å². The predicted octanol–water partition coefficient (Wildman–Crippen LogP) is 7.83. The Bertz CT molecular complexity index is 1850. The highest BCUT2D eigenvalue weighted by molar-refractivity contribution is 7.99. The molecule has 0 saturated heterocycles. The first-order valence-corrected chi connectivity index (χ1v) is 15.6. The Hall–Kier alpha value is -4.24. The van der Waals surface area contributed by atoms with Gasteiger partial charge >= 0.3 is 6.18 Å². The van der Waals surface area contributed by atoms with Crippen LogP contribution in [-0.4, -0.2) is 33.7 Å². The van der Waals surface area contributed by atoms with Gasteiger partial charge in [-0.1, -0.05) is 23.4 Å². The topological polar surface area (TPSA) is 109 Å². The molecule has 8 nitrogen and oxygen atoms in total. The third kappa shape index (κ3) is 7.41. The number of pyridine rings is 1. The molecule has 3 aromatic carbocycles. The summed E-state index contributed by atoms with van der Waals surface area (Å²) in [5.41, 5.74) is 6.08. The molecule has 1 unspecified atom stereocenters. The van der Waals surface area contributed by atoms with E-state index in [4.69, 9.17) is 26.8 Å². The van der Waals surface area contributed by atoms with Crippen molar-refractivity contribution in [2.24, 2.45) is 0 Å². The molecule has 0 aliphatic carbocycles. The second kappa shape index (κ2) is 14.0. The molecule has 0 aliphatic heterocycles. The van der Waals surface area contributed by atoms with Crippen LogP contribution in [0.4, 0.5) is 29.3 Å². The standard InChI is InChI=1S/C31H24ClF4N5O3S2/c1-43-21-6-4-19(25(14-21)44-2)17-41(30-39-9-3-10-40-30)46(42)28-15-23(32)27(16-24(28)33)45-26-7-5-20(31(34,35)36)13-22(26)18-8-11-38-29(37)12-18/h3-16H,17H2,1-2H3,(H2,37,38). The summed E-state index contributed by atoms with van der Waals surface area (Å²) in [5, 5.41) is 0.0193. The number of nitrogens with two attached hydrogens (primary N) is 1. The van der Waals surface area contributed by atoms with Gasteiger partial charge in [0.1, 0.15) is 28.7 Å². The third-order valence-electron chi connectivity index (χ3n) is 6.58. The molecule has 5 aromatic rings. The van der Waals surface area contributed by atoms with Gasteiger partial charge < -0.3 is 19.8 Å². The fraction of sp³-hybridized carbons (Fsp3) is 0.129. The van der Waals surface area contributed by atoms with Gasteiger partial charge in [-0.2, -0.15) is 13.2 Å². The highest BCUT2D eigenvalue weighted by Crippen LogP contribution is 2.43. The zero-order valence-electron chi connectivity index (χ0n) is 24.1. The molecule has 1 atom stereocenters. The number of hydrogen-bond acceptors (Lipinski definition) is 9. The maximum atomic E-state index is 15.8. The molecule has 0 saturated carbocycles. The SMILES string of the molecule is COc1ccc(CN(c2ncccn2)[S+]([O-])c2cc(Cl)c(Sc3ccc(C(F)(F)F)cc3-c3ccnc(N)c3)cc2F)c(OC)c1. The van der Waals surface area contributed by atoms with E-state index in [9.17, 15) is 17.7 Å². The fourth-order valence-electron chi connectivity index (χ4n) is 4.36. The van der Waals surface area contributed by atoms with Crippen molar-refractivity contribution in [2.45, 2.75) is 27.4 Å². The summed E-state index contributed by atoms with van der Waals surface area (Å²) in [6, 6.07) is 15.1. The van der Waals surface area contributed by atoms with Crippen LogP contribution in [0.5, 0.6) is 11.5 Å². The number of aromatic nitrogens is 3. The second-order valence-electron chi connectivity index (χ2n) is 9.51. The smallest absolute Gasteiger partial charge is 0.416 e. The third-order valence-corrected chi connectivity index (χ3v) is 9.52. The molecule has 2 heterocycles. The number of ether oxygens (including phenoxy) is 2. The van der Waals surface area contributed by atoms with Crippen LogP contribution in [0.2, 0.25) is 5.02 Å². The summed E-state index contributed by atoms with van der Waals surface area (Å²) in [6.07, 6.45) is -0.312. The normalized spacial score (nSPS) is 12.1. The minimum Gasteiger partial charge on any atom is -0.588 e. The van der Waals surface area contributed by atoms with E-state index < -0.39 is 28.9 Å². The zero-order chi connectivity index (χ0) is 33.0. The number of alkyl halides is 3. The van der Waals surface area contributed by atoms with E-state index in [-0.39, 0.29) is 38.7 Å². The lowest BCUT2D eigenvalue weighted by molar-refractivity contribution is -0.137. The van der Waals surface area contributed by atoms with E-state index in [2.05, 4.69) is 15.0 Å². The molecule has 0 aliphatic rings. The molecule has 2 N–H and O–H groups in total. The van der Waals surface area contributed by atoms with Crippen molar-refractivity contribution in [3.8, 4) is 22.6 Å². The van der Waals surface area contributed by atoms with Crippen molar-refractivity contribution in [1.29, 1.82) is 0 Å². The number of anilines is 2. The van der Waals surface area contributed by atoms with Crippen molar-refractivity contribution in [3.63, 3.8) is 0 Å². The largest absolute Gasteiger partial charge is 0.588 e. The van der Waals surface area contributed by atoms with E-state index in [0.29, 0.717) is 27.5 Å². The van der Waals surface area contributed by atoms with Gasteiger partial charge in [0.25, 0.3) is 5.95 Å². The number of nitrogens with zero attached hydrogens (tertiary/aromatic N) is 4. The monoisotopic (exact) mass is 689 g/mol. The lowest BCUT2D eigenvalue weighted by Crippen LogP contribution is -2.33. The van der Waals surface area contributed by atoms with Crippen molar-refractivity contribution in [1.82, 2.24) is 15.0 Å². The van der Waals surface area contributed by atoms with Crippen LogP contribution in [0.3, 0.4) is 0 Å². The molecular formula is C31H24ClF4N5O3S2. The molecule has 0 fully saturated rings. The molecule has 0 amide bonds. The minimum absolute atomic E-state index is 0.0193. The second-order valence-corrected chi connectivity index (χ2v) is 12.4. The van der Waals surface area contributed by atoms with Crippen LogP contribution < -0.4 is 19.5 Å². The number of rotatable bonds is 10. The fourth-order valence-corrected chi connectivity index (χ4v) is 6.86. The van der Waals surface area contributed by atoms with Gasteiger partial charge in [0, 0.05) is 46.1 Å². The van der Waals surface area contributed by atoms with E-state index in [0.717, 1.165) is 30.0 Å². The van der Waals surface area contributed by atoms with Crippen molar-refractivity contribution in [3.05, 3.63) is 107 Å². The van der Waals surface area contributed by atoms with Crippen LogP contribution in [0.1, 0.15) is 11.1 Å². The molecule has 15 heteroatoms. The van der Waals surface area contributed by atoms with Crippen molar-refractivity contribution in [2.75, 3.05) is 24.3 Å². The van der Waals surface area contributed by atoms with E-state index in [1.165, 1.54) is 61.4 Å². The van der Waals surface area contributed by atoms with Crippen molar-refractivity contribution >= 4 is 46.5 Å². The average Bonchev–Trinajstić information content (AvgIpc) is 3.04. The summed E-state index contributed by atoms with van der Waals surface area (Å²) < 4.78 is 82.6. The maximum Gasteiger partial charge on any atom is 0.416 e. The summed E-state index contributed by atoms with van der Waals surface area (Å²) in [6.45, 7) is -0.0403. The lowest BCUT2D eigenvalue weighted by atomic mass is 10.0. The number of methoxy groups -OCH3 is 2. The number of benzene rings is 3. The number of hydrogen-bond donors (Lipinski definition) is 1. The van der Waals surface area contributed by atoms with E-state index in [1.54, 1.807) is 24.3 Å². The maximum absolute atomic E-state index is 15.8. The molecule has 46 heavy (non-hydrogen) atoms. The Balaban J connectivity index is 1.51. The van der Waals surface area contributed by atoms with Crippen molar-refractivity contribution < 1.29 is 31.6 Å². The first kappa shape index (κ1) is 33.1. The molecule has 238 valence electrons. The lowest BCUT2D eigenvalue weighted by Gasteiger charge is -2.25. The minimum atomic E-state index is -4.60. The van der Waals surface area contributed by atoms with Gasteiger partial charge in [0.05, 0.1) is 31.4 Å². The molecule has 0 radical (unpaired) electrons. The first-order valence-electron chi connectivity index (χ1n) is 13.3. The summed E-state index contributed by atoms with van der Waals surface area (Å²) >= 11 is 5.33. The predicted molar refractivity (Wildman–Crippen MR) is 169 cm³/mol. The quantitative estimate of drug-likeness (QED) is 0.116. The number of nitrogen functional groups attached to an aromatic ring is 1. The zero-order valence-corrected chi connectivity index (χ0v) is 26.5. The molecule has 2 aromatic heterocycles. The van der Waals surface area contributed by atoms with Gasteiger partial charge in [-0.05, 0) is 65.7 Å². The van der Waals surface area contributed by atoms with Crippen LogP contribution >= 0.6 is 23.4 Å². The molecule has 0 bridgehead atoms. The van der Waals surface area contributed by atoms with Crippen LogP contribution in [0.15, 0.2) is 100 Å². The van der Waals surface area contributed by atoms with Gasteiger partial charge in [0.15, 0.2) is 5.82 Å². The molecular weight excluding hydrogens is 666 g/mol. The van der Waals surface area contributed by atoms with Gasteiger partial charge in [0.2, 0.25) is 4.90 Å². The van der Waals surface area contributed by atoms with Crippen LogP contribution in [0.25, 0.3) is 11.1 Å². The summed E-state index contributed by atoms with van der Waals surface area (Å²) in [4.78, 5) is 12.6. The Labute approximate surface area is 273 Å². The van der Waals surface area contributed by atoms with Gasteiger partial charge in [-0.25, -0.2) is 19.3 Å². The Kier molecular flexibility index (Phi) is 10.1. The summed E-state index contributed by atoms with van der Waals surface area (Å²) in [5.74, 6) is 0.277. The first-order chi connectivity index (χ1) is 22.0. The van der Waals surface area contributed by atoms with Gasteiger partial charge in [-0.3, -0.25) is 0 Å². The Morgan fingerprint density at radius 3 is 2.37 bits per heavy atom.